The number of likely N-dealkylation sites (N-methyl/N-ethyl adjacent to an activating group) is 1. The summed E-state index contributed by atoms with van der Waals surface area (Å²) in [4.78, 5) is 4.92. The van der Waals surface area contributed by atoms with Gasteiger partial charge in [-0.05, 0) is 38.7 Å². The smallest absolute Gasteiger partial charge is 0.0495 e. The first-order valence-corrected chi connectivity index (χ1v) is 7.75. The third-order valence-corrected chi connectivity index (χ3v) is 4.48. The minimum absolute atomic E-state index is 0.436. The quantitative estimate of drug-likeness (QED) is 0.916. The van der Waals surface area contributed by atoms with Gasteiger partial charge in [0.05, 0.1) is 0 Å². The highest BCUT2D eigenvalue weighted by Crippen LogP contribution is 2.27. The Morgan fingerprint density at radius 2 is 1.74 bits per heavy atom. The first-order chi connectivity index (χ1) is 9.09. The van der Waals surface area contributed by atoms with Gasteiger partial charge in [0.1, 0.15) is 0 Å². The van der Waals surface area contributed by atoms with Crippen molar-refractivity contribution >= 4 is 15.9 Å². The number of halogens is 1. The summed E-state index contributed by atoms with van der Waals surface area (Å²) in [6.45, 7) is 6.83. The predicted octanol–water partition coefficient (Wildman–Crippen LogP) is 2.35. The Kier molecular flexibility index (Phi) is 5.39. The van der Waals surface area contributed by atoms with E-state index in [0.717, 1.165) is 30.7 Å². The molecule has 1 saturated heterocycles. The summed E-state index contributed by atoms with van der Waals surface area (Å²) in [6.07, 6.45) is 0. The van der Waals surface area contributed by atoms with Gasteiger partial charge < -0.3 is 10.2 Å². The lowest BCUT2D eigenvalue weighted by Crippen LogP contribution is -2.51. The average Bonchev–Trinajstić information content (AvgIpc) is 2.42. The summed E-state index contributed by atoms with van der Waals surface area (Å²) < 4.78 is 1.14. The fourth-order valence-electron chi connectivity index (χ4n) is 2.96. The van der Waals surface area contributed by atoms with E-state index in [1.165, 1.54) is 5.56 Å². The van der Waals surface area contributed by atoms with E-state index in [2.05, 4.69) is 76.3 Å². The molecule has 0 spiro atoms. The van der Waals surface area contributed by atoms with Gasteiger partial charge in [0.25, 0.3) is 0 Å². The molecule has 106 valence electrons. The van der Waals surface area contributed by atoms with Gasteiger partial charge in [-0.3, -0.25) is 4.90 Å². The maximum absolute atomic E-state index is 3.51. The molecule has 0 aromatic heterocycles. The van der Waals surface area contributed by atoms with E-state index >= 15 is 0 Å². The SMILES string of the molecule is CC(C(c1ccc(Br)cc1)N(C)C)N1CCNCC1. The predicted molar refractivity (Wildman–Crippen MR) is 84.5 cm³/mol. The normalized spacial score (nSPS) is 20.5. The number of piperazine rings is 1. The van der Waals surface area contributed by atoms with E-state index < -0.39 is 0 Å². The van der Waals surface area contributed by atoms with E-state index in [1.807, 2.05) is 0 Å². The van der Waals surface area contributed by atoms with Crippen molar-refractivity contribution in [3.63, 3.8) is 0 Å². The topological polar surface area (TPSA) is 18.5 Å². The second-order valence-electron chi connectivity index (χ2n) is 5.49. The van der Waals surface area contributed by atoms with Crippen molar-refractivity contribution in [3.8, 4) is 0 Å². The van der Waals surface area contributed by atoms with Crippen molar-refractivity contribution in [1.82, 2.24) is 15.1 Å². The molecule has 1 aliphatic heterocycles. The first-order valence-electron chi connectivity index (χ1n) is 6.96. The van der Waals surface area contributed by atoms with Gasteiger partial charge in [-0.1, -0.05) is 28.1 Å². The number of hydrogen-bond acceptors (Lipinski definition) is 3. The Morgan fingerprint density at radius 1 is 1.16 bits per heavy atom. The van der Waals surface area contributed by atoms with Gasteiger partial charge in [-0.25, -0.2) is 0 Å². The summed E-state index contributed by atoms with van der Waals surface area (Å²) in [5.41, 5.74) is 1.39. The van der Waals surface area contributed by atoms with Crippen LogP contribution in [-0.2, 0) is 0 Å². The van der Waals surface area contributed by atoms with Crippen molar-refractivity contribution in [2.24, 2.45) is 0 Å². The van der Waals surface area contributed by atoms with Crippen LogP contribution in [0, 0.1) is 0 Å². The van der Waals surface area contributed by atoms with Crippen molar-refractivity contribution in [2.45, 2.75) is 19.0 Å². The molecular weight excluding hydrogens is 302 g/mol. The Balaban J connectivity index is 2.16. The molecule has 2 unspecified atom stereocenters. The lowest BCUT2D eigenvalue weighted by atomic mass is 9.98. The van der Waals surface area contributed by atoms with Gasteiger partial charge in [0.15, 0.2) is 0 Å². The van der Waals surface area contributed by atoms with E-state index in [9.17, 15) is 0 Å². The van der Waals surface area contributed by atoms with Gasteiger partial charge in [0.2, 0.25) is 0 Å². The molecule has 4 heteroatoms. The van der Waals surface area contributed by atoms with Crippen LogP contribution in [0.1, 0.15) is 18.5 Å². The molecule has 1 aliphatic rings. The largest absolute Gasteiger partial charge is 0.314 e. The molecule has 0 saturated carbocycles. The highest BCUT2D eigenvalue weighted by atomic mass is 79.9. The zero-order chi connectivity index (χ0) is 13.8. The molecule has 0 amide bonds. The number of nitrogens with zero attached hydrogens (tertiary/aromatic N) is 2. The fraction of sp³-hybridized carbons (Fsp3) is 0.600. The molecule has 1 fully saturated rings. The van der Waals surface area contributed by atoms with Crippen molar-refractivity contribution < 1.29 is 0 Å². The van der Waals surface area contributed by atoms with Crippen LogP contribution >= 0.6 is 15.9 Å². The maximum Gasteiger partial charge on any atom is 0.0495 e. The Bertz CT molecular complexity index is 385. The molecule has 3 nitrogen and oxygen atoms in total. The summed E-state index contributed by atoms with van der Waals surface area (Å²) in [6, 6.07) is 9.69. The molecule has 19 heavy (non-hydrogen) atoms. The van der Waals surface area contributed by atoms with Crippen LogP contribution in [-0.4, -0.2) is 56.1 Å². The van der Waals surface area contributed by atoms with Gasteiger partial charge in [0, 0.05) is 42.7 Å². The van der Waals surface area contributed by atoms with Crippen molar-refractivity contribution in [2.75, 3.05) is 40.3 Å². The van der Waals surface area contributed by atoms with Crippen LogP contribution in [0.25, 0.3) is 0 Å². The zero-order valence-corrected chi connectivity index (χ0v) is 13.7. The molecule has 1 N–H and O–H groups in total. The number of rotatable bonds is 4. The Morgan fingerprint density at radius 3 is 2.26 bits per heavy atom. The molecule has 0 aliphatic carbocycles. The van der Waals surface area contributed by atoms with E-state index in [-0.39, 0.29) is 0 Å². The standard InChI is InChI=1S/C15H24BrN3/c1-12(19-10-8-17-9-11-19)15(18(2)3)13-4-6-14(16)7-5-13/h4-7,12,15,17H,8-11H2,1-3H3. The molecule has 2 rings (SSSR count). The van der Waals surface area contributed by atoms with Crippen LogP contribution in [0.5, 0.6) is 0 Å². The fourth-order valence-corrected chi connectivity index (χ4v) is 3.22. The van der Waals surface area contributed by atoms with E-state index in [4.69, 9.17) is 0 Å². The molecule has 1 heterocycles. The highest BCUT2D eigenvalue weighted by molar-refractivity contribution is 9.10. The van der Waals surface area contributed by atoms with E-state index in [1.54, 1.807) is 0 Å². The second kappa shape index (κ2) is 6.84. The monoisotopic (exact) mass is 325 g/mol. The summed E-state index contributed by atoms with van der Waals surface area (Å²) >= 11 is 3.51. The third kappa shape index (κ3) is 3.78. The van der Waals surface area contributed by atoms with Crippen LogP contribution in [0.15, 0.2) is 28.7 Å². The van der Waals surface area contributed by atoms with Crippen LogP contribution in [0.3, 0.4) is 0 Å². The Labute approximate surface area is 125 Å². The average molecular weight is 326 g/mol. The zero-order valence-electron chi connectivity index (χ0n) is 12.1. The molecule has 2 atom stereocenters. The number of benzene rings is 1. The molecule has 0 bridgehead atoms. The first kappa shape index (κ1) is 15.0. The lowest BCUT2D eigenvalue weighted by Gasteiger charge is -2.40. The summed E-state index contributed by atoms with van der Waals surface area (Å²) in [7, 11) is 4.34. The van der Waals surface area contributed by atoms with Gasteiger partial charge in [-0.2, -0.15) is 0 Å². The third-order valence-electron chi connectivity index (χ3n) is 3.95. The van der Waals surface area contributed by atoms with Crippen LogP contribution < -0.4 is 5.32 Å². The van der Waals surface area contributed by atoms with Crippen LogP contribution in [0.4, 0.5) is 0 Å². The Hall–Kier alpha value is -0.420. The minimum Gasteiger partial charge on any atom is -0.314 e. The summed E-state index contributed by atoms with van der Waals surface area (Å²) in [5, 5.41) is 3.42. The highest BCUT2D eigenvalue weighted by Gasteiger charge is 2.27. The molecule has 1 aromatic carbocycles. The van der Waals surface area contributed by atoms with Crippen molar-refractivity contribution in [1.29, 1.82) is 0 Å². The maximum atomic E-state index is 3.51. The van der Waals surface area contributed by atoms with E-state index in [0.29, 0.717) is 12.1 Å². The van der Waals surface area contributed by atoms with Crippen molar-refractivity contribution in [3.05, 3.63) is 34.3 Å². The molecule has 0 radical (unpaired) electrons. The minimum atomic E-state index is 0.436. The molecule has 1 aromatic rings. The van der Waals surface area contributed by atoms with Gasteiger partial charge in [-0.15, -0.1) is 0 Å². The van der Waals surface area contributed by atoms with Gasteiger partial charge >= 0.3 is 0 Å². The second-order valence-corrected chi connectivity index (χ2v) is 6.40. The number of hydrogen-bond donors (Lipinski definition) is 1. The number of nitrogens with one attached hydrogen (secondary N) is 1. The molecular formula is C15H24BrN3. The summed E-state index contributed by atoms with van der Waals surface area (Å²) in [5.74, 6) is 0. The lowest BCUT2D eigenvalue weighted by molar-refractivity contribution is 0.106. The van der Waals surface area contributed by atoms with Crippen LogP contribution in [0.2, 0.25) is 0 Å².